The molecule has 7 nitrogen and oxygen atoms in total. The van der Waals surface area contributed by atoms with Crippen molar-refractivity contribution in [1.29, 1.82) is 0 Å². The molecule has 3 aromatic rings. The van der Waals surface area contributed by atoms with Crippen LogP contribution in [0.1, 0.15) is 55.1 Å². The third-order valence-corrected chi connectivity index (χ3v) is 5.59. The van der Waals surface area contributed by atoms with Gasteiger partial charge in [-0.3, -0.25) is 4.79 Å². The Morgan fingerprint density at radius 2 is 2.06 bits per heavy atom. The minimum absolute atomic E-state index is 0.0163. The summed E-state index contributed by atoms with van der Waals surface area (Å²) >= 11 is 0. The van der Waals surface area contributed by atoms with Crippen LogP contribution in [0.3, 0.4) is 0 Å². The Labute approximate surface area is 186 Å². The Bertz CT molecular complexity index is 1140. The highest BCUT2D eigenvalue weighted by atomic mass is 19.1. The number of primary amides is 1. The van der Waals surface area contributed by atoms with Gasteiger partial charge in [0.2, 0.25) is 5.89 Å². The highest BCUT2D eigenvalue weighted by Gasteiger charge is 2.31. The van der Waals surface area contributed by atoms with Crippen molar-refractivity contribution in [3.8, 4) is 17.2 Å². The second-order valence-electron chi connectivity index (χ2n) is 7.74. The van der Waals surface area contributed by atoms with Crippen molar-refractivity contribution in [2.24, 2.45) is 11.5 Å². The average Bonchev–Trinajstić information content (AvgIpc) is 3.21. The first-order chi connectivity index (χ1) is 15.3. The summed E-state index contributed by atoms with van der Waals surface area (Å²) in [4.78, 5) is 20.9. The van der Waals surface area contributed by atoms with E-state index in [4.69, 9.17) is 20.6 Å². The minimum atomic E-state index is -1.53. The zero-order chi connectivity index (χ0) is 23.5. The van der Waals surface area contributed by atoms with Crippen molar-refractivity contribution in [3.63, 3.8) is 0 Å². The number of aromatic nitrogens is 2. The summed E-state index contributed by atoms with van der Waals surface area (Å²) < 4.78 is 26.9. The van der Waals surface area contributed by atoms with E-state index in [0.29, 0.717) is 47.2 Å². The van der Waals surface area contributed by atoms with Crippen LogP contribution in [0.5, 0.6) is 5.75 Å². The Morgan fingerprint density at radius 3 is 2.66 bits per heavy atom. The van der Waals surface area contributed by atoms with Crippen molar-refractivity contribution in [1.82, 2.24) is 9.97 Å². The van der Waals surface area contributed by atoms with Crippen LogP contribution in [0.15, 0.2) is 41.3 Å². The number of hydrogen-bond acceptors (Lipinski definition) is 6. The van der Waals surface area contributed by atoms with Gasteiger partial charge >= 0.3 is 0 Å². The second kappa shape index (κ2) is 9.48. The van der Waals surface area contributed by atoms with E-state index in [1.807, 2.05) is 13.8 Å². The van der Waals surface area contributed by atoms with Crippen LogP contribution in [0.4, 0.5) is 4.39 Å². The van der Waals surface area contributed by atoms with Gasteiger partial charge in [0.1, 0.15) is 17.0 Å². The van der Waals surface area contributed by atoms with Crippen molar-refractivity contribution < 1.29 is 18.3 Å². The first kappa shape index (κ1) is 23.4. The molecule has 2 atom stereocenters. The summed E-state index contributed by atoms with van der Waals surface area (Å²) in [5, 5.41) is 0.653. The summed E-state index contributed by atoms with van der Waals surface area (Å²) in [7, 11) is 1.53. The Morgan fingerprint density at radius 1 is 1.31 bits per heavy atom. The molecule has 0 aliphatic heterocycles. The van der Waals surface area contributed by atoms with E-state index >= 15 is 4.39 Å². The Kier molecular flexibility index (Phi) is 6.93. The third-order valence-electron chi connectivity index (χ3n) is 5.59. The number of hydrogen-bond donors (Lipinski definition) is 2. The summed E-state index contributed by atoms with van der Waals surface area (Å²) in [5.41, 5.74) is 11.3. The lowest BCUT2D eigenvalue weighted by molar-refractivity contribution is 0.0994. The van der Waals surface area contributed by atoms with Gasteiger partial charge in [-0.25, -0.2) is 14.4 Å². The fourth-order valence-electron chi connectivity index (χ4n) is 3.77. The smallest absolute Gasteiger partial charge is 0.270 e. The number of fused-ring (bicyclic) bond motifs is 1. The van der Waals surface area contributed by atoms with Crippen LogP contribution in [0.25, 0.3) is 22.4 Å². The number of rotatable bonds is 10. The molecule has 4 N–H and O–H groups in total. The number of carbonyl (C=O) groups excluding carboxylic acids is 1. The second-order valence-corrected chi connectivity index (χ2v) is 7.74. The monoisotopic (exact) mass is 440 g/mol. The normalized spacial score (nSPS) is 14.2. The standard InChI is InChI=1S/C24H29FN4O3/c1-5-12-24(25,7-3)19-11-9-15-16(8-10-17(31-4)20(15)28-19)23-29-21(22(27)30)18(32-23)13-14(26)6-2/h6,8-11,14H,2,5,7,12-13,26H2,1,3-4H3,(H2,27,30)/t14-,24?/m0/s1. The topological polar surface area (TPSA) is 117 Å². The molecule has 0 spiro atoms. The molecule has 0 saturated carbocycles. The van der Waals surface area contributed by atoms with Gasteiger partial charge in [-0.2, -0.15) is 0 Å². The maximum Gasteiger partial charge on any atom is 0.270 e. The molecule has 170 valence electrons. The van der Waals surface area contributed by atoms with E-state index in [0.717, 1.165) is 0 Å². The molecule has 1 amide bonds. The lowest BCUT2D eigenvalue weighted by atomic mass is 9.92. The van der Waals surface area contributed by atoms with Crippen LogP contribution < -0.4 is 16.2 Å². The quantitative estimate of drug-likeness (QED) is 0.451. The van der Waals surface area contributed by atoms with Crippen LogP contribution in [0.2, 0.25) is 0 Å². The van der Waals surface area contributed by atoms with Crippen molar-refractivity contribution >= 4 is 16.8 Å². The Balaban J connectivity index is 2.19. The molecule has 2 aromatic heterocycles. The number of alkyl halides is 1. The third kappa shape index (κ3) is 4.36. The number of amides is 1. The molecule has 0 radical (unpaired) electrons. The van der Waals surface area contributed by atoms with E-state index in [1.165, 1.54) is 7.11 Å². The fourth-order valence-corrected chi connectivity index (χ4v) is 3.77. The minimum Gasteiger partial charge on any atom is -0.494 e. The number of benzene rings is 1. The molecular weight excluding hydrogens is 411 g/mol. The van der Waals surface area contributed by atoms with E-state index in [1.54, 1.807) is 30.3 Å². The van der Waals surface area contributed by atoms with Crippen LogP contribution in [0, 0.1) is 0 Å². The lowest BCUT2D eigenvalue weighted by Gasteiger charge is -2.23. The molecular formula is C24H29FN4O3. The fraction of sp³-hybridized carbons (Fsp3) is 0.375. The molecule has 8 heteroatoms. The van der Waals surface area contributed by atoms with Gasteiger partial charge in [-0.15, -0.1) is 6.58 Å². The van der Waals surface area contributed by atoms with Gasteiger partial charge in [0.15, 0.2) is 11.4 Å². The molecule has 32 heavy (non-hydrogen) atoms. The number of nitrogens with zero attached hydrogens (tertiary/aromatic N) is 2. The van der Waals surface area contributed by atoms with Crippen LogP contribution in [-0.2, 0) is 12.1 Å². The molecule has 0 saturated heterocycles. The number of methoxy groups -OCH3 is 1. The van der Waals surface area contributed by atoms with Gasteiger partial charge in [0, 0.05) is 23.4 Å². The SMILES string of the molecule is C=C[C@H](N)Cc1oc(-c2ccc(OC)c3nc(C(F)(CC)CCC)ccc23)nc1C(N)=O. The van der Waals surface area contributed by atoms with Crippen molar-refractivity contribution in [2.45, 2.75) is 51.2 Å². The number of carbonyl (C=O) groups is 1. The maximum absolute atomic E-state index is 15.5. The molecule has 0 aliphatic carbocycles. The molecule has 1 aromatic carbocycles. The molecule has 1 unspecified atom stereocenters. The van der Waals surface area contributed by atoms with Gasteiger partial charge in [0.05, 0.1) is 12.8 Å². The largest absolute Gasteiger partial charge is 0.494 e. The maximum atomic E-state index is 15.5. The van der Waals surface area contributed by atoms with E-state index in [2.05, 4.69) is 16.5 Å². The zero-order valence-corrected chi connectivity index (χ0v) is 18.7. The summed E-state index contributed by atoms with van der Waals surface area (Å²) in [6.07, 6.45) is 3.16. The highest BCUT2D eigenvalue weighted by molar-refractivity contribution is 5.97. The average molecular weight is 441 g/mol. The number of oxazole rings is 1. The van der Waals surface area contributed by atoms with Gasteiger partial charge in [-0.1, -0.05) is 26.3 Å². The predicted octanol–water partition coefficient (Wildman–Crippen LogP) is 4.43. The van der Waals surface area contributed by atoms with E-state index in [9.17, 15) is 4.79 Å². The van der Waals surface area contributed by atoms with Crippen LogP contribution in [-0.4, -0.2) is 29.0 Å². The van der Waals surface area contributed by atoms with Gasteiger partial charge in [0.25, 0.3) is 5.91 Å². The Hall–Kier alpha value is -3.26. The summed E-state index contributed by atoms with van der Waals surface area (Å²) in [6, 6.07) is 6.50. The number of ether oxygens (including phenoxy) is 1. The first-order valence-electron chi connectivity index (χ1n) is 10.6. The number of halogens is 1. The van der Waals surface area contributed by atoms with Crippen LogP contribution >= 0.6 is 0 Å². The summed E-state index contributed by atoms with van der Waals surface area (Å²) in [6.45, 7) is 7.40. The summed E-state index contributed by atoms with van der Waals surface area (Å²) in [5.74, 6) is 0.262. The highest BCUT2D eigenvalue weighted by Crippen LogP contribution is 2.38. The van der Waals surface area contributed by atoms with Crippen molar-refractivity contribution in [3.05, 3.63) is 54.1 Å². The van der Waals surface area contributed by atoms with E-state index in [-0.39, 0.29) is 23.8 Å². The molecule has 0 fully saturated rings. The first-order valence-corrected chi connectivity index (χ1v) is 10.6. The van der Waals surface area contributed by atoms with Crippen molar-refractivity contribution in [2.75, 3.05) is 7.11 Å². The number of pyridine rings is 1. The molecule has 3 rings (SSSR count). The molecule has 2 heterocycles. The predicted molar refractivity (Wildman–Crippen MR) is 122 cm³/mol. The molecule has 0 bridgehead atoms. The zero-order valence-electron chi connectivity index (χ0n) is 18.7. The van der Waals surface area contributed by atoms with Gasteiger partial charge in [-0.05, 0) is 37.1 Å². The van der Waals surface area contributed by atoms with E-state index < -0.39 is 17.6 Å². The lowest BCUT2D eigenvalue weighted by Crippen LogP contribution is -2.22. The molecule has 0 aliphatic rings. The number of nitrogens with two attached hydrogens (primary N) is 2. The van der Waals surface area contributed by atoms with Gasteiger partial charge < -0.3 is 20.6 Å².